The summed E-state index contributed by atoms with van der Waals surface area (Å²) < 4.78 is 18.6. The maximum absolute atomic E-state index is 12.6. The summed E-state index contributed by atoms with van der Waals surface area (Å²) in [6, 6.07) is 13.8. The van der Waals surface area contributed by atoms with Crippen LogP contribution in [0.15, 0.2) is 46.9 Å². The molecule has 28 heavy (non-hydrogen) atoms. The second-order valence-corrected chi connectivity index (χ2v) is 8.98. The number of morpholine rings is 1. The molecule has 0 N–H and O–H groups in total. The van der Waals surface area contributed by atoms with Crippen LogP contribution in [0.2, 0.25) is 0 Å². The smallest absolute Gasteiger partial charge is 0.249 e. The number of carbonyl (C=O) groups excluding carboxylic acids is 1. The van der Waals surface area contributed by atoms with Gasteiger partial charge in [-0.3, -0.25) is 4.79 Å². The second kappa shape index (κ2) is 7.08. The minimum Gasteiger partial charge on any atom is -0.497 e. The fourth-order valence-electron chi connectivity index (χ4n) is 4.16. The lowest BCUT2D eigenvalue weighted by molar-refractivity contribution is -0.181. The fourth-order valence-corrected chi connectivity index (χ4v) is 4.52. The molecule has 0 aromatic heterocycles. The lowest BCUT2D eigenvalue weighted by Gasteiger charge is -2.50. The Labute approximate surface area is 173 Å². The molecule has 0 bridgehead atoms. The average Bonchev–Trinajstić information content (AvgIpc) is 2.65. The zero-order valence-electron chi connectivity index (χ0n) is 16.3. The van der Waals surface area contributed by atoms with E-state index in [1.54, 1.807) is 7.11 Å². The van der Waals surface area contributed by atoms with Crippen LogP contribution in [-0.2, 0) is 21.7 Å². The molecule has 2 aliphatic heterocycles. The number of halogens is 1. The van der Waals surface area contributed by atoms with Crippen LogP contribution in [0, 0.1) is 0 Å². The molecular weight excluding hydrogens is 422 g/mol. The van der Waals surface area contributed by atoms with E-state index in [-0.39, 0.29) is 18.1 Å². The highest BCUT2D eigenvalue weighted by Gasteiger charge is 2.50. The molecule has 2 heterocycles. The molecule has 1 atom stereocenters. The number of hydrogen-bond acceptors (Lipinski definition) is 4. The van der Waals surface area contributed by atoms with Crippen LogP contribution in [0.25, 0.3) is 0 Å². The van der Waals surface area contributed by atoms with Gasteiger partial charge in [0.05, 0.1) is 13.7 Å². The first-order valence-corrected chi connectivity index (χ1v) is 10.1. The molecule has 1 fully saturated rings. The third-order valence-corrected chi connectivity index (χ3v) is 5.83. The topological polar surface area (TPSA) is 48.0 Å². The van der Waals surface area contributed by atoms with E-state index in [1.807, 2.05) is 47.4 Å². The van der Waals surface area contributed by atoms with E-state index in [4.69, 9.17) is 14.2 Å². The molecule has 148 valence electrons. The Morgan fingerprint density at radius 2 is 1.93 bits per heavy atom. The highest BCUT2D eigenvalue weighted by Crippen LogP contribution is 2.48. The maximum Gasteiger partial charge on any atom is 0.249 e. The maximum atomic E-state index is 12.6. The molecular formula is C22H24BrNO4. The zero-order valence-corrected chi connectivity index (χ0v) is 17.9. The minimum absolute atomic E-state index is 0.00212. The summed E-state index contributed by atoms with van der Waals surface area (Å²) >= 11 is 3.56. The summed E-state index contributed by atoms with van der Waals surface area (Å²) in [6.45, 7) is 5.23. The first-order chi connectivity index (χ1) is 13.3. The number of rotatable bonds is 3. The van der Waals surface area contributed by atoms with E-state index in [0.29, 0.717) is 19.5 Å². The van der Waals surface area contributed by atoms with Gasteiger partial charge in [0, 0.05) is 23.0 Å². The number of fused-ring (bicyclic) bond motifs is 2. The number of ether oxygens (including phenoxy) is 3. The Morgan fingerprint density at radius 3 is 2.64 bits per heavy atom. The predicted molar refractivity (Wildman–Crippen MR) is 110 cm³/mol. The van der Waals surface area contributed by atoms with Gasteiger partial charge in [-0.05, 0) is 49.7 Å². The summed E-state index contributed by atoms with van der Waals surface area (Å²) in [7, 11) is 1.65. The Kier molecular flexibility index (Phi) is 4.88. The zero-order chi connectivity index (χ0) is 19.9. The fraction of sp³-hybridized carbons (Fsp3) is 0.409. The van der Waals surface area contributed by atoms with Gasteiger partial charge < -0.3 is 19.1 Å². The van der Waals surface area contributed by atoms with E-state index in [9.17, 15) is 4.79 Å². The first-order valence-electron chi connectivity index (χ1n) is 9.34. The first kappa shape index (κ1) is 19.3. The molecule has 2 aromatic rings. The van der Waals surface area contributed by atoms with Crippen molar-refractivity contribution in [1.29, 1.82) is 0 Å². The summed E-state index contributed by atoms with van der Waals surface area (Å²) in [5.41, 5.74) is 1.09. The van der Waals surface area contributed by atoms with E-state index in [0.717, 1.165) is 27.1 Å². The van der Waals surface area contributed by atoms with Gasteiger partial charge in [0.15, 0.2) is 0 Å². The lowest BCUT2D eigenvalue weighted by Crippen LogP contribution is -2.57. The molecule has 1 spiro atoms. The SMILES string of the molecule is COc1ccc(CN2CC3(CC(C)(C)Oc4ccc(Br)cc43)OCC2=O)cc1. The van der Waals surface area contributed by atoms with Crippen LogP contribution in [0.1, 0.15) is 31.4 Å². The number of nitrogens with zero attached hydrogens (tertiary/aromatic N) is 1. The van der Waals surface area contributed by atoms with Crippen LogP contribution in [0.5, 0.6) is 11.5 Å². The molecule has 1 unspecified atom stereocenters. The van der Waals surface area contributed by atoms with Crippen LogP contribution < -0.4 is 9.47 Å². The van der Waals surface area contributed by atoms with Crippen molar-refractivity contribution in [2.45, 2.75) is 38.0 Å². The summed E-state index contributed by atoms with van der Waals surface area (Å²) in [4.78, 5) is 14.5. The molecule has 0 radical (unpaired) electrons. The van der Waals surface area contributed by atoms with Crippen molar-refractivity contribution in [3.63, 3.8) is 0 Å². The number of amides is 1. The Hall–Kier alpha value is -2.05. The third-order valence-electron chi connectivity index (χ3n) is 5.33. The normalized spacial score (nSPS) is 23.3. The van der Waals surface area contributed by atoms with Crippen molar-refractivity contribution in [2.75, 3.05) is 20.3 Å². The Morgan fingerprint density at radius 1 is 1.18 bits per heavy atom. The largest absolute Gasteiger partial charge is 0.497 e. The van der Waals surface area contributed by atoms with Crippen LogP contribution >= 0.6 is 15.9 Å². The van der Waals surface area contributed by atoms with Crippen LogP contribution in [-0.4, -0.2) is 36.7 Å². The Balaban J connectivity index is 1.66. The van der Waals surface area contributed by atoms with E-state index < -0.39 is 5.60 Å². The molecule has 1 amide bonds. The van der Waals surface area contributed by atoms with Gasteiger partial charge in [-0.2, -0.15) is 0 Å². The van der Waals surface area contributed by atoms with Crippen molar-refractivity contribution in [2.24, 2.45) is 0 Å². The number of hydrogen-bond donors (Lipinski definition) is 0. The highest BCUT2D eigenvalue weighted by molar-refractivity contribution is 9.10. The molecule has 4 rings (SSSR count). The quantitative estimate of drug-likeness (QED) is 0.707. The third kappa shape index (κ3) is 3.63. The standard InChI is InChI=1S/C22H24BrNO4/c1-21(2)13-22(18-10-16(23)6-9-19(18)28-21)14-24(20(25)12-27-22)11-15-4-7-17(26-3)8-5-15/h4-10H,11-14H2,1-3H3. The minimum atomic E-state index is -0.582. The second-order valence-electron chi connectivity index (χ2n) is 8.06. The number of carbonyl (C=O) groups is 1. The summed E-state index contributed by atoms with van der Waals surface area (Å²) in [5.74, 6) is 1.62. The van der Waals surface area contributed by atoms with Crippen molar-refractivity contribution in [3.8, 4) is 11.5 Å². The average molecular weight is 446 g/mol. The molecule has 5 nitrogen and oxygen atoms in total. The van der Waals surface area contributed by atoms with E-state index >= 15 is 0 Å². The lowest BCUT2D eigenvalue weighted by atomic mass is 9.79. The molecule has 1 saturated heterocycles. The van der Waals surface area contributed by atoms with Gasteiger partial charge in [0.25, 0.3) is 0 Å². The van der Waals surface area contributed by atoms with Gasteiger partial charge in [-0.25, -0.2) is 0 Å². The highest BCUT2D eigenvalue weighted by atomic mass is 79.9. The molecule has 2 aliphatic rings. The summed E-state index contributed by atoms with van der Waals surface area (Å²) in [6.07, 6.45) is 0.676. The van der Waals surface area contributed by atoms with Gasteiger partial charge >= 0.3 is 0 Å². The van der Waals surface area contributed by atoms with Crippen molar-refractivity contribution >= 4 is 21.8 Å². The number of benzene rings is 2. The van der Waals surface area contributed by atoms with Crippen molar-refractivity contribution < 1.29 is 19.0 Å². The van der Waals surface area contributed by atoms with Gasteiger partial charge in [-0.1, -0.05) is 28.1 Å². The van der Waals surface area contributed by atoms with Crippen LogP contribution in [0.4, 0.5) is 0 Å². The van der Waals surface area contributed by atoms with Gasteiger partial charge in [0.1, 0.15) is 29.3 Å². The Bertz CT molecular complexity index is 896. The van der Waals surface area contributed by atoms with Gasteiger partial charge in [-0.15, -0.1) is 0 Å². The molecule has 0 saturated carbocycles. The summed E-state index contributed by atoms with van der Waals surface area (Å²) in [5, 5.41) is 0. The van der Waals surface area contributed by atoms with E-state index in [2.05, 4.69) is 29.8 Å². The van der Waals surface area contributed by atoms with Crippen LogP contribution in [0.3, 0.4) is 0 Å². The number of methoxy groups -OCH3 is 1. The molecule has 6 heteroatoms. The van der Waals surface area contributed by atoms with Crippen molar-refractivity contribution in [1.82, 2.24) is 4.90 Å². The van der Waals surface area contributed by atoms with Gasteiger partial charge in [0.2, 0.25) is 5.91 Å². The monoisotopic (exact) mass is 445 g/mol. The predicted octanol–water partition coefficient (Wildman–Crippen LogP) is 4.27. The van der Waals surface area contributed by atoms with Crippen molar-refractivity contribution in [3.05, 3.63) is 58.1 Å². The molecule has 0 aliphatic carbocycles. The van der Waals surface area contributed by atoms with E-state index in [1.165, 1.54) is 0 Å². The molecule has 2 aromatic carbocycles.